The van der Waals surface area contributed by atoms with Crippen molar-refractivity contribution < 1.29 is 4.74 Å². The van der Waals surface area contributed by atoms with Gasteiger partial charge in [0.25, 0.3) is 0 Å². The maximum atomic E-state index is 5.26. The van der Waals surface area contributed by atoms with Gasteiger partial charge >= 0.3 is 81.6 Å². The molecule has 0 aliphatic heterocycles. The van der Waals surface area contributed by atoms with E-state index in [9.17, 15) is 0 Å². The molecule has 0 fully saturated rings. The summed E-state index contributed by atoms with van der Waals surface area (Å²) >= 11 is 3.00. The molecule has 0 amide bonds. The fourth-order valence-electron chi connectivity index (χ4n) is 1.17. The first-order chi connectivity index (χ1) is 5.77. The second kappa shape index (κ2) is 4.54. The summed E-state index contributed by atoms with van der Waals surface area (Å²) in [6.07, 6.45) is 1.05. The Morgan fingerprint density at radius 2 is 2.17 bits per heavy atom. The fourth-order valence-corrected chi connectivity index (χ4v) is 1.63. The van der Waals surface area contributed by atoms with E-state index in [0.29, 0.717) is 0 Å². The maximum absolute atomic E-state index is 5.26. The molecule has 1 aromatic rings. The number of benzene rings is 1. The van der Waals surface area contributed by atoms with Gasteiger partial charge in [-0.2, -0.15) is 0 Å². The van der Waals surface area contributed by atoms with Crippen LogP contribution >= 0.6 is 0 Å². The van der Waals surface area contributed by atoms with E-state index in [-0.39, 0.29) is 0 Å². The number of methoxy groups -OCH3 is 1. The Hall–Kier alpha value is -0.461. The second-order valence-corrected chi connectivity index (χ2v) is 3.63. The normalized spacial score (nSPS) is 9.92. The first-order valence-electron chi connectivity index (χ1n) is 3.99. The zero-order chi connectivity index (χ0) is 8.97. The van der Waals surface area contributed by atoms with Crippen molar-refractivity contribution in [3.05, 3.63) is 29.3 Å². The van der Waals surface area contributed by atoms with Crippen LogP contribution in [0.5, 0.6) is 5.75 Å². The Bertz CT molecular complexity index is 258. The molecule has 0 saturated carbocycles. The number of hydrogen-bond acceptors (Lipinski definition) is 1. The van der Waals surface area contributed by atoms with E-state index in [2.05, 4.69) is 41.1 Å². The summed E-state index contributed by atoms with van der Waals surface area (Å²) in [5.74, 6) is 1.00. The minimum absolute atomic E-state index is 1.00. The molecule has 0 saturated heterocycles. The topological polar surface area (TPSA) is 9.23 Å². The third-order valence-electron chi connectivity index (χ3n) is 1.81. The van der Waals surface area contributed by atoms with Crippen LogP contribution in [0.1, 0.15) is 11.1 Å². The van der Waals surface area contributed by atoms with Crippen LogP contribution in [0.4, 0.5) is 0 Å². The zero-order valence-corrected chi connectivity index (χ0v) is 9.18. The molecule has 1 nitrogen and oxygen atoms in total. The third kappa shape index (κ3) is 2.26. The van der Waals surface area contributed by atoms with Gasteiger partial charge in [-0.05, 0) is 0 Å². The summed E-state index contributed by atoms with van der Waals surface area (Å²) in [4.78, 5) is 0. The quantitative estimate of drug-likeness (QED) is 0.720. The van der Waals surface area contributed by atoms with Crippen molar-refractivity contribution in [1.29, 1.82) is 0 Å². The third-order valence-corrected chi connectivity index (χ3v) is 2.24. The molecule has 0 atom stereocenters. The molecule has 1 radical (unpaired) electrons. The van der Waals surface area contributed by atoms with Crippen LogP contribution in [0.3, 0.4) is 0 Å². The summed E-state index contributed by atoms with van der Waals surface area (Å²) in [5, 5.41) is 1.04. The average molecular weight is 228 g/mol. The van der Waals surface area contributed by atoms with E-state index >= 15 is 0 Å². The Balaban J connectivity index is 2.94. The molecule has 0 bridgehead atoms. The summed E-state index contributed by atoms with van der Waals surface area (Å²) in [5.41, 5.74) is 2.53. The van der Waals surface area contributed by atoms with Gasteiger partial charge in [0.1, 0.15) is 0 Å². The van der Waals surface area contributed by atoms with Crippen LogP contribution in [-0.2, 0) is 6.42 Å². The van der Waals surface area contributed by atoms with Crippen molar-refractivity contribution in [1.82, 2.24) is 0 Å². The fraction of sp³-hybridized carbons (Fsp3) is 0.400. The van der Waals surface area contributed by atoms with E-state index in [1.807, 2.05) is 0 Å². The Morgan fingerprint density at radius 3 is 2.75 bits per heavy atom. The SMILES string of the molecule is COc1cc(C)ccc1CC[Se]. The Kier molecular flexibility index (Phi) is 3.64. The predicted molar refractivity (Wildman–Crippen MR) is 52.0 cm³/mol. The summed E-state index contributed by atoms with van der Waals surface area (Å²) < 4.78 is 5.26. The summed E-state index contributed by atoms with van der Waals surface area (Å²) in [6, 6.07) is 6.32. The molecule has 0 aliphatic carbocycles. The van der Waals surface area contributed by atoms with Gasteiger partial charge in [-0.3, -0.25) is 0 Å². The van der Waals surface area contributed by atoms with Gasteiger partial charge < -0.3 is 0 Å². The molecule has 0 aromatic heterocycles. The van der Waals surface area contributed by atoms with Crippen LogP contribution in [0.2, 0.25) is 5.32 Å². The van der Waals surface area contributed by atoms with Crippen LogP contribution in [-0.4, -0.2) is 23.1 Å². The van der Waals surface area contributed by atoms with E-state index in [1.165, 1.54) is 11.1 Å². The minimum atomic E-state index is 1.00. The predicted octanol–water partition coefficient (Wildman–Crippen LogP) is 2.13. The molecule has 65 valence electrons. The van der Waals surface area contributed by atoms with Gasteiger partial charge in [-0.25, -0.2) is 0 Å². The summed E-state index contributed by atoms with van der Waals surface area (Å²) in [6.45, 7) is 2.07. The van der Waals surface area contributed by atoms with E-state index in [0.717, 1.165) is 17.5 Å². The van der Waals surface area contributed by atoms with Gasteiger partial charge in [0.15, 0.2) is 0 Å². The monoisotopic (exact) mass is 229 g/mol. The number of ether oxygens (including phenoxy) is 1. The van der Waals surface area contributed by atoms with Crippen molar-refractivity contribution in [2.75, 3.05) is 7.11 Å². The molecule has 2 heteroatoms. The van der Waals surface area contributed by atoms with E-state index < -0.39 is 0 Å². The van der Waals surface area contributed by atoms with Crippen molar-refractivity contribution in [3.8, 4) is 5.75 Å². The molecule has 0 unspecified atom stereocenters. The van der Waals surface area contributed by atoms with E-state index in [1.54, 1.807) is 7.11 Å². The van der Waals surface area contributed by atoms with Crippen molar-refractivity contribution in [2.24, 2.45) is 0 Å². The first kappa shape index (κ1) is 9.63. The Labute approximate surface area is 81.9 Å². The number of hydrogen-bond donors (Lipinski definition) is 0. The van der Waals surface area contributed by atoms with Crippen molar-refractivity contribution in [3.63, 3.8) is 0 Å². The van der Waals surface area contributed by atoms with Crippen molar-refractivity contribution in [2.45, 2.75) is 18.7 Å². The van der Waals surface area contributed by atoms with Gasteiger partial charge in [0.2, 0.25) is 0 Å². The standard InChI is InChI=1S/C10H13OSe/c1-8-3-4-9(5-6-12)10(7-8)11-2/h3-4,7H,5-6H2,1-2H3. The molecular weight excluding hydrogens is 215 g/mol. The molecule has 0 heterocycles. The van der Waals surface area contributed by atoms with Gasteiger partial charge in [-0.1, -0.05) is 0 Å². The molecule has 1 aromatic carbocycles. The van der Waals surface area contributed by atoms with Gasteiger partial charge in [0, 0.05) is 0 Å². The van der Waals surface area contributed by atoms with Crippen LogP contribution in [0, 0.1) is 6.92 Å². The second-order valence-electron chi connectivity index (χ2n) is 2.77. The molecule has 0 aliphatic rings. The number of aryl methyl sites for hydroxylation is 2. The molecule has 12 heavy (non-hydrogen) atoms. The van der Waals surface area contributed by atoms with Gasteiger partial charge in [-0.15, -0.1) is 0 Å². The first-order valence-corrected chi connectivity index (χ1v) is 5.20. The molecule has 0 N–H and O–H groups in total. The van der Waals surface area contributed by atoms with Gasteiger partial charge in [0.05, 0.1) is 0 Å². The zero-order valence-electron chi connectivity index (χ0n) is 7.46. The van der Waals surface area contributed by atoms with Crippen LogP contribution in [0.15, 0.2) is 18.2 Å². The Morgan fingerprint density at radius 1 is 1.42 bits per heavy atom. The molecule has 1 rings (SSSR count). The van der Waals surface area contributed by atoms with E-state index in [4.69, 9.17) is 4.74 Å². The average Bonchev–Trinajstić information content (AvgIpc) is 2.08. The summed E-state index contributed by atoms with van der Waals surface area (Å²) in [7, 11) is 1.72. The van der Waals surface area contributed by atoms with Crippen LogP contribution < -0.4 is 4.74 Å². The molecule has 0 spiro atoms. The molecular formula is C10H13OSe. The van der Waals surface area contributed by atoms with Crippen molar-refractivity contribution >= 4 is 16.0 Å². The number of rotatable bonds is 3. The van der Waals surface area contributed by atoms with Crippen LogP contribution in [0.25, 0.3) is 0 Å².